The van der Waals surface area contributed by atoms with Crippen LogP contribution in [-0.4, -0.2) is 50.5 Å². The molecule has 2 heterocycles. The molecule has 0 bridgehead atoms. The number of hydrogen-bond donors (Lipinski definition) is 2. The first-order chi connectivity index (χ1) is 6.79. The van der Waals surface area contributed by atoms with E-state index in [-0.39, 0.29) is 6.61 Å². The topological polar surface area (TPSA) is 61.5 Å². The van der Waals surface area contributed by atoms with E-state index in [2.05, 4.69) is 14.5 Å². The number of aromatic nitrogens is 2. The van der Waals surface area contributed by atoms with Crippen LogP contribution in [0.5, 0.6) is 0 Å². The fraction of sp³-hybridized carbons (Fsp3) is 0.667. The lowest BCUT2D eigenvalue weighted by Gasteiger charge is -2.28. The average Bonchev–Trinajstić information content (AvgIpc) is 2.64. The summed E-state index contributed by atoms with van der Waals surface area (Å²) in [7, 11) is 0. The van der Waals surface area contributed by atoms with Crippen LogP contribution in [0.3, 0.4) is 0 Å². The highest BCUT2D eigenvalue weighted by Crippen LogP contribution is 2.09. The molecule has 14 heavy (non-hydrogen) atoms. The molecule has 1 atom stereocenters. The van der Waals surface area contributed by atoms with Gasteiger partial charge in [0.2, 0.25) is 0 Å². The molecule has 1 unspecified atom stereocenters. The maximum absolute atomic E-state index is 9.29. The number of nitrogens with zero attached hydrogens (tertiary/aromatic N) is 3. The number of β-amino-alcohol motifs (C(OH)–C–C–N with tert-alkyl or cyclic N) is 1. The molecule has 0 radical (unpaired) electrons. The van der Waals surface area contributed by atoms with Crippen LogP contribution in [0.4, 0.5) is 0 Å². The van der Waals surface area contributed by atoms with Crippen molar-refractivity contribution in [1.82, 2.24) is 14.5 Å². The minimum absolute atomic E-state index is 0.176. The summed E-state index contributed by atoms with van der Waals surface area (Å²) in [6.07, 6.45) is 3.12. The van der Waals surface area contributed by atoms with Gasteiger partial charge >= 0.3 is 0 Å². The van der Waals surface area contributed by atoms with Crippen LogP contribution in [0, 0.1) is 0 Å². The second-order valence-corrected chi connectivity index (χ2v) is 3.61. The van der Waals surface area contributed by atoms with E-state index < -0.39 is 6.10 Å². The molecule has 0 spiro atoms. The van der Waals surface area contributed by atoms with Gasteiger partial charge in [0.15, 0.2) is 0 Å². The van der Waals surface area contributed by atoms with Crippen LogP contribution < -0.4 is 0 Å². The Kier molecular flexibility index (Phi) is 2.81. The summed E-state index contributed by atoms with van der Waals surface area (Å²) in [5.41, 5.74) is 0. The van der Waals surface area contributed by atoms with Gasteiger partial charge in [-0.15, -0.1) is 0 Å². The van der Waals surface area contributed by atoms with Crippen LogP contribution in [-0.2, 0) is 13.1 Å². The number of rotatable bonds is 3. The molecule has 1 aromatic heterocycles. The Morgan fingerprint density at radius 1 is 1.50 bits per heavy atom. The van der Waals surface area contributed by atoms with Gasteiger partial charge in [-0.2, -0.15) is 0 Å². The first-order valence-electron chi connectivity index (χ1n) is 4.81. The van der Waals surface area contributed by atoms with Gasteiger partial charge in [-0.1, -0.05) is 0 Å². The Morgan fingerprint density at radius 2 is 2.36 bits per heavy atom. The molecule has 0 aromatic carbocycles. The molecule has 5 heteroatoms. The minimum Gasteiger partial charge on any atom is -0.394 e. The predicted molar refractivity (Wildman–Crippen MR) is 50.6 cm³/mol. The first-order valence-corrected chi connectivity index (χ1v) is 4.81. The summed E-state index contributed by atoms with van der Waals surface area (Å²) in [6, 6.07) is 0. The average molecular weight is 197 g/mol. The molecule has 2 rings (SSSR count). The van der Waals surface area contributed by atoms with E-state index in [1.54, 1.807) is 6.20 Å². The van der Waals surface area contributed by atoms with Crippen LogP contribution in [0.15, 0.2) is 12.4 Å². The maximum Gasteiger partial charge on any atom is 0.122 e. The zero-order valence-electron chi connectivity index (χ0n) is 8.00. The number of hydrogen-bond acceptors (Lipinski definition) is 4. The van der Waals surface area contributed by atoms with Crippen molar-refractivity contribution in [2.24, 2.45) is 0 Å². The maximum atomic E-state index is 9.29. The molecule has 1 aromatic rings. The predicted octanol–water partition coefficient (Wildman–Crippen LogP) is -0.948. The van der Waals surface area contributed by atoms with Crippen molar-refractivity contribution in [3.8, 4) is 0 Å². The van der Waals surface area contributed by atoms with E-state index in [0.29, 0.717) is 6.54 Å². The van der Waals surface area contributed by atoms with E-state index in [4.69, 9.17) is 5.11 Å². The highest BCUT2D eigenvalue weighted by molar-refractivity contribution is 4.95. The third kappa shape index (κ3) is 1.95. The molecular formula is C9H15N3O2. The molecule has 0 amide bonds. The van der Waals surface area contributed by atoms with Crippen LogP contribution in [0.2, 0.25) is 0 Å². The van der Waals surface area contributed by atoms with Crippen molar-refractivity contribution < 1.29 is 10.2 Å². The van der Waals surface area contributed by atoms with E-state index in [9.17, 15) is 5.11 Å². The van der Waals surface area contributed by atoms with Crippen molar-refractivity contribution in [3.05, 3.63) is 18.2 Å². The lowest BCUT2D eigenvalue weighted by Crippen LogP contribution is -2.39. The number of aliphatic hydroxyl groups is 2. The second-order valence-electron chi connectivity index (χ2n) is 3.61. The third-order valence-electron chi connectivity index (χ3n) is 2.50. The summed E-state index contributed by atoms with van der Waals surface area (Å²) < 4.78 is 2.11. The summed E-state index contributed by atoms with van der Waals surface area (Å²) in [5, 5.41) is 18.0. The fourth-order valence-corrected chi connectivity index (χ4v) is 1.74. The molecule has 78 valence electrons. The SMILES string of the molecule is OCC(O)CN1CCn2ccnc2C1. The number of aliphatic hydroxyl groups excluding tert-OH is 2. The van der Waals surface area contributed by atoms with Gasteiger partial charge in [-0.05, 0) is 0 Å². The Labute approximate surface area is 82.6 Å². The van der Waals surface area contributed by atoms with Gasteiger partial charge in [0.25, 0.3) is 0 Å². The Morgan fingerprint density at radius 3 is 3.14 bits per heavy atom. The Balaban J connectivity index is 1.94. The van der Waals surface area contributed by atoms with Crippen molar-refractivity contribution in [1.29, 1.82) is 0 Å². The van der Waals surface area contributed by atoms with Crippen LogP contribution >= 0.6 is 0 Å². The molecule has 5 nitrogen and oxygen atoms in total. The minimum atomic E-state index is -0.642. The monoisotopic (exact) mass is 197 g/mol. The highest BCUT2D eigenvalue weighted by Gasteiger charge is 2.18. The van der Waals surface area contributed by atoms with Crippen molar-refractivity contribution in [2.75, 3.05) is 19.7 Å². The number of imidazole rings is 1. The van der Waals surface area contributed by atoms with Gasteiger partial charge in [-0.25, -0.2) is 4.98 Å². The van der Waals surface area contributed by atoms with E-state index in [1.165, 1.54) is 0 Å². The quantitative estimate of drug-likeness (QED) is 0.656. The van der Waals surface area contributed by atoms with Crippen molar-refractivity contribution in [2.45, 2.75) is 19.2 Å². The number of fused-ring (bicyclic) bond motifs is 1. The van der Waals surface area contributed by atoms with Crippen LogP contribution in [0.1, 0.15) is 5.82 Å². The highest BCUT2D eigenvalue weighted by atomic mass is 16.3. The van der Waals surface area contributed by atoms with E-state index in [1.807, 2.05) is 6.20 Å². The largest absolute Gasteiger partial charge is 0.394 e. The second kappa shape index (κ2) is 4.08. The summed E-state index contributed by atoms with van der Waals surface area (Å²) >= 11 is 0. The summed E-state index contributed by atoms with van der Waals surface area (Å²) in [4.78, 5) is 6.32. The van der Waals surface area contributed by atoms with Gasteiger partial charge in [0, 0.05) is 32.0 Å². The third-order valence-corrected chi connectivity index (χ3v) is 2.50. The molecule has 0 aliphatic carbocycles. The van der Waals surface area contributed by atoms with Crippen LogP contribution in [0.25, 0.3) is 0 Å². The van der Waals surface area contributed by atoms with Gasteiger partial charge < -0.3 is 14.8 Å². The van der Waals surface area contributed by atoms with Crippen molar-refractivity contribution >= 4 is 0 Å². The zero-order valence-corrected chi connectivity index (χ0v) is 8.00. The standard InChI is InChI=1S/C9H15N3O2/c13-7-8(14)5-11-3-4-12-2-1-10-9(12)6-11/h1-2,8,13-14H,3-7H2. The lowest BCUT2D eigenvalue weighted by molar-refractivity contribution is 0.0502. The first kappa shape index (κ1) is 9.64. The summed E-state index contributed by atoms with van der Waals surface area (Å²) in [6.45, 7) is 2.91. The van der Waals surface area contributed by atoms with E-state index >= 15 is 0 Å². The normalized spacial score (nSPS) is 19.3. The molecule has 0 fully saturated rings. The van der Waals surface area contributed by atoms with Gasteiger partial charge in [0.1, 0.15) is 5.82 Å². The van der Waals surface area contributed by atoms with E-state index in [0.717, 1.165) is 25.5 Å². The van der Waals surface area contributed by atoms with Gasteiger partial charge in [-0.3, -0.25) is 4.90 Å². The van der Waals surface area contributed by atoms with Gasteiger partial charge in [0.05, 0.1) is 19.3 Å². The summed E-state index contributed by atoms with van der Waals surface area (Å²) in [5.74, 6) is 1.03. The fourth-order valence-electron chi connectivity index (χ4n) is 1.74. The molecule has 0 saturated carbocycles. The Bertz CT molecular complexity index is 300. The molecule has 0 saturated heterocycles. The molecule has 1 aliphatic heterocycles. The van der Waals surface area contributed by atoms with Crippen molar-refractivity contribution in [3.63, 3.8) is 0 Å². The molecular weight excluding hydrogens is 182 g/mol. The smallest absolute Gasteiger partial charge is 0.122 e. The molecule has 2 N–H and O–H groups in total. The lowest BCUT2D eigenvalue weighted by atomic mass is 10.3. The molecule has 1 aliphatic rings. The zero-order chi connectivity index (χ0) is 9.97. The Hall–Kier alpha value is -0.910.